The normalized spacial score (nSPS) is 48.6. The third kappa shape index (κ3) is 2.72. The van der Waals surface area contributed by atoms with Crippen LogP contribution < -0.4 is 0 Å². The summed E-state index contributed by atoms with van der Waals surface area (Å²) < 4.78 is 12.5. The van der Waals surface area contributed by atoms with Gasteiger partial charge in [-0.1, -0.05) is 20.8 Å². The lowest BCUT2D eigenvalue weighted by Crippen LogP contribution is -2.69. The molecule has 0 aromatic rings. The van der Waals surface area contributed by atoms with Crippen molar-refractivity contribution in [3.63, 3.8) is 0 Å². The summed E-state index contributed by atoms with van der Waals surface area (Å²) in [6.45, 7) is 8.54. The second-order valence-corrected chi connectivity index (χ2v) is 8.76. The van der Waals surface area contributed by atoms with Gasteiger partial charge in [-0.25, -0.2) is 14.8 Å². The number of carbonyl (C=O) groups excluding carboxylic acids is 1. The summed E-state index contributed by atoms with van der Waals surface area (Å²) in [5.74, 6) is 1.23. The predicted molar refractivity (Wildman–Crippen MR) is 95.3 cm³/mol. The van der Waals surface area contributed by atoms with Gasteiger partial charge in [0.25, 0.3) is 0 Å². The molecule has 5 rings (SSSR count). The molecule has 7 unspecified atom stereocenters. The van der Waals surface area contributed by atoms with Crippen molar-refractivity contribution in [1.82, 2.24) is 0 Å². The van der Waals surface area contributed by atoms with Crippen molar-refractivity contribution in [2.45, 2.75) is 83.9 Å². The molecule has 4 saturated heterocycles. The molecule has 4 aliphatic heterocycles. The number of aliphatic imine (C=N–C) groups is 1. The van der Waals surface area contributed by atoms with E-state index in [9.17, 15) is 4.79 Å². The summed E-state index contributed by atoms with van der Waals surface area (Å²) in [5.41, 5.74) is -0.570. The minimum atomic E-state index is -0.777. The van der Waals surface area contributed by atoms with E-state index in [4.69, 9.17) is 19.2 Å². The van der Waals surface area contributed by atoms with Gasteiger partial charge in [-0.15, -0.1) is 0 Å². The fourth-order valence-electron chi connectivity index (χ4n) is 5.48. The maximum atomic E-state index is 11.9. The standard InChI is InChI=1S/C20H31NO5/c1-5-6-14(22)11-21-17-13(3)16-8-7-12(2)15-9-10-19(4)24-18(23-17)20(15,16)26-25-19/h12-13,15-16,18H,5-11H2,1-4H3/b21-17+. The summed E-state index contributed by atoms with van der Waals surface area (Å²) in [5, 5.41) is 0. The topological polar surface area (TPSA) is 66.4 Å². The number of carbonyl (C=O) groups is 1. The maximum absolute atomic E-state index is 11.9. The van der Waals surface area contributed by atoms with Crippen molar-refractivity contribution in [3.8, 4) is 0 Å². The Morgan fingerprint density at radius 1 is 1.19 bits per heavy atom. The largest absolute Gasteiger partial charge is 0.448 e. The zero-order valence-corrected chi connectivity index (χ0v) is 16.3. The Hall–Kier alpha value is -0.980. The van der Waals surface area contributed by atoms with Crippen LogP contribution >= 0.6 is 0 Å². The van der Waals surface area contributed by atoms with Crippen LogP contribution in [0, 0.1) is 23.7 Å². The molecule has 1 aliphatic carbocycles. The number of hydrogen-bond acceptors (Lipinski definition) is 6. The summed E-state index contributed by atoms with van der Waals surface area (Å²) in [4.78, 5) is 28.4. The number of nitrogens with zero attached hydrogens (tertiary/aromatic N) is 1. The Kier molecular flexibility index (Phi) is 4.65. The predicted octanol–water partition coefficient (Wildman–Crippen LogP) is 3.64. The van der Waals surface area contributed by atoms with Gasteiger partial charge < -0.3 is 9.47 Å². The van der Waals surface area contributed by atoms with Crippen molar-refractivity contribution < 1.29 is 24.0 Å². The molecule has 2 bridgehead atoms. The monoisotopic (exact) mass is 365 g/mol. The van der Waals surface area contributed by atoms with E-state index < -0.39 is 17.7 Å². The molecule has 1 spiro atoms. The van der Waals surface area contributed by atoms with Crippen LogP contribution in [-0.2, 0) is 24.0 Å². The van der Waals surface area contributed by atoms with E-state index in [-0.39, 0.29) is 24.2 Å². The molecule has 6 nitrogen and oxygen atoms in total. The van der Waals surface area contributed by atoms with E-state index in [2.05, 4.69) is 18.8 Å². The van der Waals surface area contributed by atoms with Crippen LogP contribution in [0.5, 0.6) is 0 Å². The van der Waals surface area contributed by atoms with Crippen LogP contribution in [-0.4, -0.2) is 35.9 Å². The fourth-order valence-corrected chi connectivity index (χ4v) is 5.48. The van der Waals surface area contributed by atoms with Gasteiger partial charge in [-0.3, -0.25) is 4.79 Å². The van der Waals surface area contributed by atoms with Crippen LogP contribution in [0.1, 0.15) is 66.2 Å². The van der Waals surface area contributed by atoms with Gasteiger partial charge in [0.05, 0.1) is 0 Å². The van der Waals surface area contributed by atoms with E-state index in [1.165, 1.54) is 0 Å². The van der Waals surface area contributed by atoms with Gasteiger partial charge >= 0.3 is 0 Å². The van der Waals surface area contributed by atoms with E-state index in [1.54, 1.807) is 0 Å². The summed E-state index contributed by atoms with van der Waals surface area (Å²) in [6, 6.07) is 0. The lowest BCUT2D eigenvalue weighted by molar-refractivity contribution is -0.557. The highest BCUT2D eigenvalue weighted by Gasteiger charge is 2.69. The average molecular weight is 365 g/mol. The highest BCUT2D eigenvalue weighted by molar-refractivity contribution is 5.86. The molecule has 146 valence electrons. The van der Waals surface area contributed by atoms with Crippen molar-refractivity contribution in [2.75, 3.05) is 6.54 Å². The minimum Gasteiger partial charge on any atom is -0.448 e. The zero-order valence-electron chi connectivity index (χ0n) is 16.3. The molecule has 4 heterocycles. The Labute approximate surface area is 155 Å². The molecule has 7 atom stereocenters. The summed E-state index contributed by atoms with van der Waals surface area (Å²) >= 11 is 0. The summed E-state index contributed by atoms with van der Waals surface area (Å²) in [6.07, 6.45) is 4.90. The van der Waals surface area contributed by atoms with E-state index in [1.807, 2.05) is 13.8 Å². The second kappa shape index (κ2) is 6.57. The number of ether oxygens (including phenoxy) is 2. The Morgan fingerprint density at radius 3 is 2.77 bits per heavy atom. The molecular formula is C20H31NO5. The quantitative estimate of drug-likeness (QED) is 0.712. The Balaban J connectivity index is 1.66. The van der Waals surface area contributed by atoms with Crippen LogP contribution in [0.4, 0.5) is 0 Å². The number of hydrogen-bond donors (Lipinski definition) is 0. The number of fused-ring (bicyclic) bond motifs is 2. The lowest BCUT2D eigenvalue weighted by atomic mass is 9.58. The van der Waals surface area contributed by atoms with Gasteiger partial charge in [0.15, 0.2) is 17.3 Å². The molecule has 5 fully saturated rings. The molecular weight excluding hydrogens is 334 g/mol. The maximum Gasteiger partial charge on any atom is 0.237 e. The molecule has 6 heteroatoms. The van der Waals surface area contributed by atoms with E-state index in [0.29, 0.717) is 24.2 Å². The third-order valence-electron chi connectivity index (χ3n) is 6.94. The molecule has 0 amide bonds. The number of Topliss-reactive ketones (excluding diaryl/α,β-unsaturated/α-hetero) is 1. The SMILES string of the molecule is CCCC(=O)C/N=C1/OC2OC3(C)CCC4C(C)CCC(C1C)C24OO3. The van der Waals surface area contributed by atoms with Gasteiger partial charge in [0.2, 0.25) is 12.1 Å². The molecule has 0 aromatic heterocycles. The first-order chi connectivity index (χ1) is 12.4. The van der Waals surface area contributed by atoms with Crippen LogP contribution in [0.25, 0.3) is 0 Å². The van der Waals surface area contributed by atoms with Crippen LogP contribution in [0.2, 0.25) is 0 Å². The van der Waals surface area contributed by atoms with E-state index in [0.717, 1.165) is 32.1 Å². The number of ketones is 1. The first-order valence-electron chi connectivity index (χ1n) is 10.2. The average Bonchev–Trinajstić information content (AvgIpc) is 2.83. The van der Waals surface area contributed by atoms with Crippen molar-refractivity contribution >= 4 is 11.7 Å². The fraction of sp³-hybridized carbons (Fsp3) is 0.900. The summed E-state index contributed by atoms with van der Waals surface area (Å²) in [7, 11) is 0. The first kappa shape index (κ1) is 18.4. The first-order valence-corrected chi connectivity index (χ1v) is 10.2. The van der Waals surface area contributed by atoms with Crippen molar-refractivity contribution in [1.29, 1.82) is 0 Å². The lowest BCUT2D eigenvalue weighted by Gasteiger charge is -2.58. The molecule has 5 aliphatic rings. The van der Waals surface area contributed by atoms with Gasteiger partial charge in [-0.05, 0) is 38.5 Å². The molecule has 26 heavy (non-hydrogen) atoms. The van der Waals surface area contributed by atoms with Gasteiger partial charge in [0.1, 0.15) is 6.54 Å². The number of rotatable bonds is 4. The Bertz CT molecular complexity index is 607. The molecule has 0 N–H and O–H groups in total. The minimum absolute atomic E-state index is 0.0883. The molecule has 0 radical (unpaired) electrons. The smallest absolute Gasteiger partial charge is 0.237 e. The highest BCUT2D eigenvalue weighted by atomic mass is 17.3. The second-order valence-electron chi connectivity index (χ2n) is 8.76. The van der Waals surface area contributed by atoms with Gasteiger partial charge in [0, 0.05) is 30.6 Å². The highest BCUT2D eigenvalue weighted by Crippen LogP contribution is 2.59. The van der Waals surface area contributed by atoms with Gasteiger partial charge in [-0.2, -0.15) is 0 Å². The Morgan fingerprint density at radius 2 is 2.00 bits per heavy atom. The van der Waals surface area contributed by atoms with Crippen molar-refractivity contribution in [3.05, 3.63) is 0 Å². The van der Waals surface area contributed by atoms with Crippen molar-refractivity contribution in [2.24, 2.45) is 28.7 Å². The third-order valence-corrected chi connectivity index (χ3v) is 6.94. The van der Waals surface area contributed by atoms with E-state index >= 15 is 0 Å². The molecule has 1 saturated carbocycles. The molecule has 0 aromatic carbocycles. The van der Waals surface area contributed by atoms with Crippen LogP contribution in [0.3, 0.4) is 0 Å². The van der Waals surface area contributed by atoms with Crippen LogP contribution in [0.15, 0.2) is 4.99 Å². The zero-order chi connectivity index (χ0) is 18.5.